The van der Waals surface area contributed by atoms with E-state index in [1.807, 2.05) is 0 Å². The molecule has 0 bridgehead atoms. The van der Waals surface area contributed by atoms with Crippen molar-refractivity contribution in [3.63, 3.8) is 0 Å². The van der Waals surface area contributed by atoms with Gasteiger partial charge in [-0.15, -0.1) is 0 Å². The molecule has 0 unspecified atom stereocenters. The van der Waals surface area contributed by atoms with Gasteiger partial charge >= 0.3 is 6.18 Å². The van der Waals surface area contributed by atoms with E-state index in [2.05, 4.69) is 26.5 Å². The Hall–Kier alpha value is -2.35. The first-order valence-corrected chi connectivity index (χ1v) is 7.51. The van der Waals surface area contributed by atoms with Crippen molar-refractivity contribution in [3.8, 4) is 5.75 Å². The Morgan fingerprint density at radius 1 is 1.25 bits per heavy atom. The molecule has 2 N–H and O–H groups in total. The van der Waals surface area contributed by atoms with Crippen LogP contribution in [0, 0.1) is 0 Å². The second-order valence-electron chi connectivity index (χ2n) is 4.87. The minimum atomic E-state index is -4.46. The predicted octanol–water partition coefficient (Wildman–Crippen LogP) is 3.87. The van der Waals surface area contributed by atoms with Gasteiger partial charge in [-0.2, -0.15) is 18.3 Å². The standard InChI is InChI=1S/C16H12BrF3N2O2/c17-13-4-5-14(23)11(8-13)9-21-22-15(24)7-10-2-1-3-12(6-10)16(18,19)20/h1-6,8-9,23H,7H2,(H,22,24)/b21-9-. The van der Waals surface area contributed by atoms with E-state index in [1.54, 1.807) is 12.1 Å². The summed E-state index contributed by atoms with van der Waals surface area (Å²) in [5, 5.41) is 13.3. The second kappa shape index (κ2) is 7.48. The molecule has 0 fully saturated rings. The molecule has 4 nitrogen and oxygen atoms in total. The Morgan fingerprint density at radius 3 is 2.71 bits per heavy atom. The highest BCUT2D eigenvalue weighted by molar-refractivity contribution is 9.10. The third-order valence-corrected chi connectivity index (χ3v) is 3.49. The number of amides is 1. The Morgan fingerprint density at radius 2 is 2.00 bits per heavy atom. The number of carbonyl (C=O) groups excluding carboxylic acids is 1. The maximum atomic E-state index is 12.6. The quantitative estimate of drug-likeness (QED) is 0.604. The molecule has 2 aromatic rings. The van der Waals surface area contributed by atoms with Crippen LogP contribution in [0.2, 0.25) is 0 Å². The van der Waals surface area contributed by atoms with Gasteiger partial charge < -0.3 is 5.11 Å². The molecule has 0 saturated carbocycles. The summed E-state index contributed by atoms with van der Waals surface area (Å²) >= 11 is 3.23. The van der Waals surface area contributed by atoms with E-state index in [0.717, 1.165) is 16.6 Å². The summed E-state index contributed by atoms with van der Waals surface area (Å²) in [6, 6.07) is 9.22. The SMILES string of the molecule is O=C(Cc1cccc(C(F)(F)F)c1)N/N=C\c1cc(Br)ccc1O. The number of nitrogens with zero attached hydrogens (tertiary/aromatic N) is 1. The van der Waals surface area contributed by atoms with E-state index in [-0.39, 0.29) is 17.7 Å². The fourth-order valence-electron chi connectivity index (χ4n) is 1.89. The maximum Gasteiger partial charge on any atom is 0.416 e. The van der Waals surface area contributed by atoms with E-state index in [1.165, 1.54) is 24.4 Å². The van der Waals surface area contributed by atoms with Crippen LogP contribution in [0.15, 0.2) is 52.0 Å². The Labute approximate surface area is 144 Å². The summed E-state index contributed by atoms with van der Waals surface area (Å²) in [5.41, 5.74) is 2.00. The lowest BCUT2D eigenvalue weighted by atomic mass is 10.1. The number of alkyl halides is 3. The van der Waals surface area contributed by atoms with Crippen molar-refractivity contribution in [2.75, 3.05) is 0 Å². The van der Waals surface area contributed by atoms with Gasteiger partial charge in [-0.3, -0.25) is 4.79 Å². The molecule has 24 heavy (non-hydrogen) atoms. The van der Waals surface area contributed by atoms with Crippen molar-refractivity contribution in [3.05, 3.63) is 63.6 Å². The number of phenolic OH excluding ortho intramolecular Hbond substituents is 1. The normalized spacial score (nSPS) is 11.7. The number of rotatable bonds is 4. The van der Waals surface area contributed by atoms with Crippen molar-refractivity contribution in [2.24, 2.45) is 5.10 Å². The molecule has 2 aromatic carbocycles. The summed E-state index contributed by atoms with van der Waals surface area (Å²) in [7, 11) is 0. The van der Waals surface area contributed by atoms with E-state index in [9.17, 15) is 23.1 Å². The molecule has 0 atom stereocenters. The van der Waals surface area contributed by atoms with Crippen LogP contribution in [0.3, 0.4) is 0 Å². The second-order valence-corrected chi connectivity index (χ2v) is 5.79. The van der Waals surface area contributed by atoms with Crippen LogP contribution in [0.25, 0.3) is 0 Å². The van der Waals surface area contributed by atoms with Gasteiger partial charge in [-0.05, 0) is 29.8 Å². The average Bonchev–Trinajstić information content (AvgIpc) is 2.50. The lowest BCUT2D eigenvalue weighted by Crippen LogP contribution is -2.20. The van der Waals surface area contributed by atoms with Crippen LogP contribution in [-0.4, -0.2) is 17.2 Å². The topological polar surface area (TPSA) is 61.7 Å². The molecular formula is C16H12BrF3N2O2. The van der Waals surface area contributed by atoms with Gasteiger partial charge in [0.05, 0.1) is 18.2 Å². The first-order valence-electron chi connectivity index (χ1n) is 6.72. The number of benzene rings is 2. The highest BCUT2D eigenvalue weighted by Gasteiger charge is 2.30. The van der Waals surface area contributed by atoms with Crippen LogP contribution in [0.4, 0.5) is 13.2 Å². The first-order chi connectivity index (χ1) is 11.3. The lowest BCUT2D eigenvalue weighted by molar-refractivity contribution is -0.137. The largest absolute Gasteiger partial charge is 0.507 e. The van der Waals surface area contributed by atoms with Gasteiger partial charge in [0.25, 0.3) is 0 Å². The highest BCUT2D eigenvalue weighted by atomic mass is 79.9. The smallest absolute Gasteiger partial charge is 0.416 e. The van der Waals surface area contributed by atoms with Gasteiger partial charge in [0.1, 0.15) is 5.75 Å². The van der Waals surface area contributed by atoms with E-state index < -0.39 is 17.6 Å². The number of hydrogen-bond donors (Lipinski definition) is 2. The van der Waals surface area contributed by atoms with E-state index >= 15 is 0 Å². The molecule has 0 aliphatic carbocycles. The van der Waals surface area contributed by atoms with Crippen molar-refractivity contribution in [1.82, 2.24) is 5.43 Å². The van der Waals surface area contributed by atoms with Crippen LogP contribution in [-0.2, 0) is 17.4 Å². The third kappa shape index (κ3) is 5.09. The van der Waals surface area contributed by atoms with Crippen molar-refractivity contribution in [1.29, 1.82) is 0 Å². The Bertz CT molecular complexity index is 776. The molecule has 0 radical (unpaired) electrons. The summed E-state index contributed by atoms with van der Waals surface area (Å²) in [6.45, 7) is 0. The third-order valence-electron chi connectivity index (χ3n) is 3.00. The highest BCUT2D eigenvalue weighted by Crippen LogP contribution is 2.29. The number of phenols is 1. The molecule has 1 amide bonds. The average molecular weight is 401 g/mol. The van der Waals surface area contributed by atoms with Crippen LogP contribution < -0.4 is 5.43 Å². The summed E-state index contributed by atoms with van der Waals surface area (Å²) in [6.07, 6.45) is -3.46. The molecule has 8 heteroatoms. The number of aromatic hydroxyl groups is 1. The van der Waals surface area contributed by atoms with E-state index in [4.69, 9.17) is 0 Å². The maximum absolute atomic E-state index is 12.6. The molecule has 0 aliphatic heterocycles. The minimum absolute atomic E-state index is 0.0194. The van der Waals surface area contributed by atoms with Crippen molar-refractivity contribution >= 4 is 28.1 Å². The number of hydrogen-bond acceptors (Lipinski definition) is 3. The van der Waals surface area contributed by atoms with Gasteiger partial charge in [0.15, 0.2) is 0 Å². The van der Waals surface area contributed by atoms with Gasteiger partial charge in [-0.25, -0.2) is 5.43 Å². The lowest BCUT2D eigenvalue weighted by Gasteiger charge is -2.08. The monoisotopic (exact) mass is 400 g/mol. The number of carbonyl (C=O) groups is 1. The van der Waals surface area contributed by atoms with Gasteiger partial charge in [-0.1, -0.05) is 34.1 Å². The molecule has 0 aromatic heterocycles. The molecule has 2 rings (SSSR count). The number of hydrazone groups is 1. The number of nitrogens with one attached hydrogen (secondary N) is 1. The number of halogens is 4. The predicted molar refractivity (Wildman–Crippen MR) is 86.7 cm³/mol. The Balaban J connectivity index is 1.99. The zero-order chi connectivity index (χ0) is 17.7. The zero-order valence-corrected chi connectivity index (χ0v) is 13.7. The summed E-state index contributed by atoms with van der Waals surface area (Å²) < 4.78 is 38.6. The zero-order valence-electron chi connectivity index (χ0n) is 12.1. The molecule has 0 aliphatic rings. The molecule has 0 spiro atoms. The van der Waals surface area contributed by atoms with Crippen molar-refractivity contribution in [2.45, 2.75) is 12.6 Å². The molecule has 0 saturated heterocycles. The summed E-state index contributed by atoms with van der Waals surface area (Å²) in [4.78, 5) is 11.7. The van der Waals surface area contributed by atoms with Crippen LogP contribution in [0.5, 0.6) is 5.75 Å². The van der Waals surface area contributed by atoms with Gasteiger partial charge in [0.2, 0.25) is 5.91 Å². The Kier molecular flexibility index (Phi) is 5.61. The molecular weight excluding hydrogens is 389 g/mol. The summed E-state index contributed by atoms with van der Waals surface area (Å²) in [5.74, 6) is -0.589. The molecule has 0 heterocycles. The van der Waals surface area contributed by atoms with Crippen molar-refractivity contribution < 1.29 is 23.1 Å². The van der Waals surface area contributed by atoms with Gasteiger partial charge in [0, 0.05) is 10.0 Å². The fourth-order valence-corrected chi connectivity index (χ4v) is 2.26. The van der Waals surface area contributed by atoms with Crippen LogP contribution >= 0.6 is 15.9 Å². The van der Waals surface area contributed by atoms with E-state index in [0.29, 0.717) is 5.56 Å². The van der Waals surface area contributed by atoms with Crippen LogP contribution in [0.1, 0.15) is 16.7 Å². The first kappa shape index (κ1) is 18.0. The minimum Gasteiger partial charge on any atom is -0.507 e. The fraction of sp³-hybridized carbons (Fsp3) is 0.125. The molecule has 126 valence electrons.